The van der Waals surface area contributed by atoms with E-state index in [1.54, 1.807) is 30.2 Å². The molecule has 4 rings (SSSR count). The van der Waals surface area contributed by atoms with Crippen molar-refractivity contribution < 1.29 is 14.3 Å². The van der Waals surface area contributed by atoms with Crippen molar-refractivity contribution in [1.82, 2.24) is 4.98 Å². The molecule has 29 heavy (non-hydrogen) atoms. The first-order valence-corrected chi connectivity index (χ1v) is 11.6. The number of benzene rings is 2. The highest BCUT2D eigenvalue weighted by Gasteiger charge is 2.26. The first-order chi connectivity index (χ1) is 14.2. The van der Waals surface area contributed by atoms with Gasteiger partial charge in [0, 0.05) is 29.7 Å². The Morgan fingerprint density at radius 3 is 2.93 bits per heavy atom. The third-order valence-electron chi connectivity index (χ3n) is 4.85. The second-order valence-electron chi connectivity index (χ2n) is 6.88. The van der Waals surface area contributed by atoms with Crippen LogP contribution in [0.3, 0.4) is 0 Å². The molecule has 0 radical (unpaired) electrons. The molecule has 3 aromatic rings. The van der Waals surface area contributed by atoms with Crippen molar-refractivity contribution >= 4 is 44.4 Å². The van der Waals surface area contributed by atoms with Crippen molar-refractivity contribution in [3.63, 3.8) is 0 Å². The van der Waals surface area contributed by atoms with Gasteiger partial charge in [-0.3, -0.25) is 9.69 Å². The van der Waals surface area contributed by atoms with Crippen LogP contribution in [-0.2, 0) is 9.53 Å². The molecule has 1 aliphatic rings. The number of rotatable bonds is 8. The number of anilines is 1. The topological polar surface area (TPSA) is 51.7 Å². The number of ether oxygens (including phenoxy) is 2. The van der Waals surface area contributed by atoms with Crippen LogP contribution in [0.5, 0.6) is 5.75 Å². The summed E-state index contributed by atoms with van der Waals surface area (Å²) in [4.78, 5) is 20.8. The molecule has 0 N–H and O–H groups in total. The predicted molar refractivity (Wildman–Crippen MR) is 119 cm³/mol. The first kappa shape index (κ1) is 20.2. The number of hydrogen-bond donors (Lipinski definition) is 0. The fourth-order valence-corrected chi connectivity index (χ4v) is 5.16. The maximum atomic E-state index is 13.1. The summed E-state index contributed by atoms with van der Waals surface area (Å²) >= 11 is 3.24. The second-order valence-corrected chi connectivity index (χ2v) is 9.06. The molecule has 5 nitrogen and oxygen atoms in total. The summed E-state index contributed by atoms with van der Waals surface area (Å²) in [5, 5.41) is 0.735. The molecule has 1 fully saturated rings. The van der Waals surface area contributed by atoms with Gasteiger partial charge in [0.2, 0.25) is 5.91 Å². The lowest BCUT2D eigenvalue weighted by Gasteiger charge is -2.23. The lowest BCUT2D eigenvalue weighted by Crippen LogP contribution is -2.37. The summed E-state index contributed by atoms with van der Waals surface area (Å²) in [5.74, 6) is 1.60. The lowest BCUT2D eigenvalue weighted by molar-refractivity contribution is -0.118. The average molecular weight is 429 g/mol. The molecule has 2 heterocycles. The van der Waals surface area contributed by atoms with E-state index in [9.17, 15) is 4.79 Å². The van der Waals surface area contributed by atoms with Gasteiger partial charge in [0.15, 0.2) is 5.13 Å². The normalized spacial score (nSPS) is 16.2. The minimum Gasteiger partial charge on any atom is -0.497 e. The summed E-state index contributed by atoms with van der Waals surface area (Å²) in [6.45, 7) is 1.33. The van der Waals surface area contributed by atoms with Gasteiger partial charge in [0.05, 0.1) is 30.0 Å². The fraction of sp³-hybridized carbons (Fsp3) is 0.364. The van der Waals surface area contributed by atoms with Crippen molar-refractivity contribution in [2.45, 2.75) is 30.3 Å². The monoisotopic (exact) mass is 428 g/mol. The Bertz CT molecular complexity index is 955. The molecule has 0 saturated carbocycles. The van der Waals surface area contributed by atoms with E-state index >= 15 is 0 Å². The maximum Gasteiger partial charge on any atom is 0.229 e. The van der Waals surface area contributed by atoms with Crippen LogP contribution in [0.25, 0.3) is 10.2 Å². The highest BCUT2D eigenvalue weighted by molar-refractivity contribution is 7.99. The molecule has 0 spiro atoms. The highest BCUT2D eigenvalue weighted by atomic mass is 32.2. The minimum absolute atomic E-state index is 0.0854. The lowest BCUT2D eigenvalue weighted by atomic mass is 10.2. The molecule has 1 aliphatic heterocycles. The van der Waals surface area contributed by atoms with Gasteiger partial charge in [-0.25, -0.2) is 4.98 Å². The third-order valence-corrected chi connectivity index (χ3v) is 6.93. The Labute approximate surface area is 179 Å². The van der Waals surface area contributed by atoms with Crippen LogP contribution in [0.2, 0.25) is 0 Å². The van der Waals surface area contributed by atoms with E-state index < -0.39 is 0 Å². The van der Waals surface area contributed by atoms with Crippen molar-refractivity contribution in [2.24, 2.45) is 0 Å². The predicted octanol–water partition coefficient (Wildman–Crippen LogP) is 5.00. The van der Waals surface area contributed by atoms with Gasteiger partial charge in [-0.1, -0.05) is 29.5 Å². The number of thioether (sulfide) groups is 1. The summed E-state index contributed by atoms with van der Waals surface area (Å²) in [7, 11) is 1.64. The van der Waals surface area contributed by atoms with Crippen LogP contribution in [0.1, 0.15) is 19.3 Å². The fourth-order valence-electron chi connectivity index (χ4n) is 3.32. The van der Waals surface area contributed by atoms with Crippen molar-refractivity contribution in [2.75, 3.05) is 30.9 Å². The third kappa shape index (κ3) is 5.10. The van der Waals surface area contributed by atoms with Crippen LogP contribution in [0, 0.1) is 0 Å². The zero-order valence-corrected chi connectivity index (χ0v) is 18.0. The Morgan fingerprint density at radius 1 is 1.31 bits per heavy atom. The molecule has 0 bridgehead atoms. The van der Waals surface area contributed by atoms with Crippen LogP contribution in [0.15, 0.2) is 53.4 Å². The molecule has 0 aliphatic carbocycles. The number of thiazole rings is 1. The minimum atomic E-state index is 0.0854. The highest BCUT2D eigenvalue weighted by Crippen LogP contribution is 2.32. The second kappa shape index (κ2) is 9.61. The average Bonchev–Trinajstić information content (AvgIpc) is 3.41. The number of aromatic nitrogens is 1. The number of fused-ring (bicyclic) bond motifs is 1. The summed E-state index contributed by atoms with van der Waals surface area (Å²) in [6.07, 6.45) is 2.59. The Morgan fingerprint density at radius 2 is 2.17 bits per heavy atom. The van der Waals surface area contributed by atoms with Crippen LogP contribution in [0.4, 0.5) is 5.13 Å². The van der Waals surface area contributed by atoms with Crippen molar-refractivity contribution in [3.8, 4) is 5.75 Å². The quantitative estimate of drug-likeness (QED) is 0.473. The molecule has 152 valence electrons. The number of carbonyl (C=O) groups excluding carboxylic acids is 1. The van der Waals surface area contributed by atoms with Gasteiger partial charge in [-0.05, 0) is 37.1 Å². The molecular formula is C22H24N2O3S2. The molecule has 1 amide bonds. The van der Waals surface area contributed by atoms with Crippen LogP contribution >= 0.6 is 23.1 Å². The number of amides is 1. The van der Waals surface area contributed by atoms with Gasteiger partial charge in [0.25, 0.3) is 0 Å². The zero-order valence-electron chi connectivity index (χ0n) is 16.4. The Balaban J connectivity index is 1.50. The van der Waals surface area contributed by atoms with Crippen LogP contribution in [-0.4, -0.2) is 43.0 Å². The number of carbonyl (C=O) groups is 1. The molecule has 1 atom stereocenters. The largest absolute Gasteiger partial charge is 0.497 e. The van der Waals surface area contributed by atoms with E-state index in [1.807, 2.05) is 41.3 Å². The van der Waals surface area contributed by atoms with E-state index in [1.165, 1.54) is 4.90 Å². The van der Waals surface area contributed by atoms with Gasteiger partial charge in [0.1, 0.15) is 5.75 Å². The molecule has 1 aromatic heterocycles. The summed E-state index contributed by atoms with van der Waals surface area (Å²) in [6, 6.07) is 16.0. The Hall–Kier alpha value is -2.09. The number of nitrogens with zero attached hydrogens (tertiary/aromatic N) is 2. The van der Waals surface area contributed by atoms with E-state index in [0.29, 0.717) is 13.0 Å². The van der Waals surface area contributed by atoms with E-state index in [2.05, 4.69) is 12.1 Å². The number of hydrogen-bond acceptors (Lipinski definition) is 6. The first-order valence-electron chi connectivity index (χ1n) is 9.77. The molecule has 2 aromatic carbocycles. The van der Waals surface area contributed by atoms with Gasteiger partial charge in [-0.2, -0.15) is 0 Å². The SMILES string of the molecule is COc1ccc2sc(N(CC3CCCO3)C(=O)CCSc3ccccc3)nc2c1. The van der Waals surface area contributed by atoms with Gasteiger partial charge in [-0.15, -0.1) is 11.8 Å². The standard InChI is InChI=1S/C22H24N2O3S2/c1-26-16-9-10-20-19(14-16)23-22(29-20)24(15-17-6-5-12-27-17)21(25)11-13-28-18-7-3-2-4-8-18/h2-4,7-10,14,17H,5-6,11-13,15H2,1H3. The molecular weight excluding hydrogens is 404 g/mol. The summed E-state index contributed by atoms with van der Waals surface area (Å²) in [5.41, 5.74) is 0.855. The molecule has 1 unspecified atom stereocenters. The zero-order chi connectivity index (χ0) is 20.1. The summed E-state index contributed by atoms with van der Waals surface area (Å²) < 4.78 is 12.1. The Kier molecular flexibility index (Phi) is 6.69. The van der Waals surface area contributed by atoms with Gasteiger partial charge < -0.3 is 9.47 Å². The van der Waals surface area contributed by atoms with Crippen LogP contribution < -0.4 is 9.64 Å². The van der Waals surface area contributed by atoms with Crippen molar-refractivity contribution in [1.29, 1.82) is 0 Å². The van der Waals surface area contributed by atoms with E-state index in [0.717, 1.165) is 46.3 Å². The number of methoxy groups -OCH3 is 1. The molecule has 1 saturated heterocycles. The molecule has 7 heteroatoms. The maximum absolute atomic E-state index is 13.1. The van der Waals surface area contributed by atoms with E-state index in [4.69, 9.17) is 14.5 Å². The smallest absolute Gasteiger partial charge is 0.229 e. The van der Waals surface area contributed by atoms with E-state index in [-0.39, 0.29) is 12.0 Å². The van der Waals surface area contributed by atoms with Crippen molar-refractivity contribution in [3.05, 3.63) is 48.5 Å². The van der Waals surface area contributed by atoms with Gasteiger partial charge >= 0.3 is 0 Å².